The number of nitrogens with two attached hydrogens (primary N) is 1. The van der Waals surface area contributed by atoms with Gasteiger partial charge in [0.1, 0.15) is 11.7 Å². The summed E-state index contributed by atoms with van der Waals surface area (Å²) in [5.74, 6) is -0.305. The van der Waals surface area contributed by atoms with Gasteiger partial charge in [-0.05, 0) is 23.8 Å². The molecular formula is C14H13ClN4O. The zero-order valence-corrected chi connectivity index (χ0v) is 11.4. The van der Waals surface area contributed by atoms with Crippen LogP contribution in [0.5, 0.6) is 0 Å². The molecule has 6 heteroatoms. The number of carbonyl (C=O) groups excluding carboxylic acids is 1. The minimum absolute atomic E-state index is 0.0264. The number of nitriles is 1. The van der Waals surface area contributed by atoms with E-state index in [1.807, 2.05) is 6.07 Å². The molecule has 1 amide bonds. The Labute approximate surface area is 122 Å². The number of nitrogens with zero attached hydrogens (tertiary/aromatic N) is 2. The van der Waals surface area contributed by atoms with Gasteiger partial charge in [0.15, 0.2) is 0 Å². The van der Waals surface area contributed by atoms with Crippen molar-refractivity contribution in [2.75, 3.05) is 6.54 Å². The van der Waals surface area contributed by atoms with Gasteiger partial charge in [-0.2, -0.15) is 5.26 Å². The molecule has 0 spiro atoms. The fraction of sp³-hybridized carbons (Fsp3) is 0.0714. The zero-order valence-electron chi connectivity index (χ0n) is 10.6. The van der Waals surface area contributed by atoms with Crippen LogP contribution in [-0.2, 0) is 0 Å². The lowest BCUT2D eigenvalue weighted by atomic mass is 10.1. The van der Waals surface area contributed by atoms with E-state index in [1.54, 1.807) is 30.3 Å². The molecule has 5 nitrogen and oxygen atoms in total. The van der Waals surface area contributed by atoms with Crippen LogP contribution in [0.2, 0.25) is 0 Å². The van der Waals surface area contributed by atoms with E-state index in [2.05, 4.69) is 16.9 Å². The highest BCUT2D eigenvalue weighted by Crippen LogP contribution is 2.10. The van der Waals surface area contributed by atoms with Crippen LogP contribution in [0.1, 0.15) is 15.9 Å². The van der Waals surface area contributed by atoms with Gasteiger partial charge in [0.2, 0.25) is 0 Å². The molecule has 0 bridgehead atoms. The Morgan fingerprint density at radius 1 is 1.45 bits per heavy atom. The number of allylic oxidation sites excluding steroid dienone is 1. The lowest BCUT2D eigenvalue weighted by Gasteiger charge is -2.04. The molecule has 20 heavy (non-hydrogen) atoms. The van der Waals surface area contributed by atoms with E-state index in [-0.39, 0.29) is 17.6 Å². The Morgan fingerprint density at radius 2 is 2.05 bits per heavy atom. The molecule has 0 aliphatic carbocycles. The largest absolute Gasteiger partial charge is 0.398 e. The summed E-state index contributed by atoms with van der Waals surface area (Å²) in [6.07, 6.45) is 3.02. The first-order valence-electron chi connectivity index (χ1n) is 5.64. The second-order valence-electron chi connectivity index (χ2n) is 3.69. The topological polar surface area (TPSA) is 91.3 Å². The summed E-state index contributed by atoms with van der Waals surface area (Å²) in [5, 5.41) is 11.0. The van der Waals surface area contributed by atoms with Crippen LogP contribution in [0.3, 0.4) is 0 Å². The highest BCUT2D eigenvalue weighted by molar-refractivity contribution is 6.29. The number of benzene rings is 1. The first kappa shape index (κ1) is 15.5. The first-order chi connectivity index (χ1) is 9.54. The summed E-state index contributed by atoms with van der Waals surface area (Å²) >= 11 is 5.47. The van der Waals surface area contributed by atoms with E-state index in [9.17, 15) is 4.79 Å². The molecule has 1 aromatic rings. The Morgan fingerprint density at radius 3 is 2.60 bits per heavy atom. The van der Waals surface area contributed by atoms with Crippen molar-refractivity contribution in [1.29, 1.82) is 5.26 Å². The van der Waals surface area contributed by atoms with Crippen LogP contribution in [0.15, 0.2) is 47.1 Å². The van der Waals surface area contributed by atoms with Gasteiger partial charge in [-0.15, -0.1) is 0 Å². The van der Waals surface area contributed by atoms with E-state index < -0.39 is 0 Å². The number of amides is 1. The molecule has 1 aromatic carbocycles. The van der Waals surface area contributed by atoms with Crippen LogP contribution in [0, 0.1) is 11.3 Å². The SMILES string of the molecule is C=C(Cl)/N=C\C=C(/N)c1ccc(C(=O)NCC#N)cc1. The number of hydrogen-bond donors (Lipinski definition) is 2. The molecule has 0 atom stereocenters. The quantitative estimate of drug-likeness (QED) is 0.493. The van der Waals surface area contributed by atoms with Crippen LogP contribution in [-0.4, -0.2) is 18.7 Å². The predicted molar refractivity (Wildman–Crippen MR) is 80.0 cm³/mol. The fourth-order valence-corrected chi connectivity index (χ4v) is 1.39. The van der Waals surface area contributed by atoms with E-state index in [4.69, 9.17) is 22.6 Å². The van der Waals surface area contributed by atoms with Crippen molar-refractivity contribution in [3.8, 4) is 6.07 Å². The molecule has 102 valence electrons. The Hall–Kier alpha value is -2.58. The molecule has 0 heterocycles. The first-order valence-corrected chi connectivity index (χ1v) is 6.02. The molecule has 0 aliphatic rings. The fourth-order valence-electron chi connectivity index (χ4n) is 1.33. The molecule has 0 aromatic heterocycles. The van der Waals surface area contributed by atoms with E-state index in [0.717, 1.165) is 5.56 Å². The predicted octanol–water partition coefficient (Wildman–Crippen LogP) is 2.02. The minimum atomic E-state index is -0.305. The average molecular weight is 289 g/mol. The Bertz CT molecular complexity index is 597. The van der Waals surface area contributed by atoms with Crippen molar-refractivity contribution in [3.05, 3.63) is 53.2 Å². The van der Waals surface area contributed by atoms with Gasteiger partial charge in [0.05, 0.1) is 6.07 Å². The molecule has 0 saturated carbocycles. The van der Waals surface area contributed by atoms with Crippen molar-refractivity contribution in [3.63, 3.8) is 0 Å². The third kappa shape index (κ3) is 4.96. The monoisotopic (exact) mass is 288 g/mol. The van der Waals surface area contributed by atoms with Crippen LogP contribution in [0.4, 0.5) is 0 Å². The zero-order chi connectivity index (χ0) is 15.0. The third-order valence-electron chi connectivity index (χ3n) is 2.28. The van der Waals surface area contributed by atoms with Crippen molar-refractivity contribution in [1.82, 2.24) is 5.32 Å². The van der Waals surface area contributed by atoms with Crippen LogP contribution < -0.4 is 11.1 Å². The smallest absolute Gasteiger partial charge is 0.252 e. The normalized spacial score (nSPS) is 11.1. The molecule has 0 radical (unpaired) electrons. The highest BCUT2D eigenvalue weighted by atomic mass is 35.5. The van der Waals surface area contributed by atoms with Gasteiger partial charge in [-0.1, -0.05) is 30.3 Å². The second kappa shape index (κ2) is 7.77. The molecular weight excluding hydrogens is 276 g/mol. The summed E-state index contributed by atoms with van der Waals surface area (Å²) in [7, 11) is 0. The van der Waals surface area contributed by atoms with Gasteiger partial charge in [-0.25, -0.2) is 4.99 Å². The third-order valence-corrected chi connectivity index (χ3v) is 2.37. The van der Waals surface area contributed by atoms with Crippen molar-refractivity contribution in [2.24, 2.45) is 10.7 Å². The van der Waals surface area contributed by atoms with Gasteiger partial charge >= 0.3 is 0 Å². The molecule has 3 N–H and O–H groups in total. The lowest BCUT2D eigenvalue weighted by Crippen LogP contribution is -2.23. The molecule has 0 aliphatic heterocycles. The van der Waals surface area contributed by atoms with Gasteiger partial charge < -0.3 is 11.1 Å². The summed E-state index contributed by atoms with van der Waals surface area (Å²) in [5.41, 5.74) is 7.53. The summed E-state index contributed by atoms with van der Waals surface area (Å²) in [6, 6.07) is 8.50. The number of hydrogen-bond acceptors (Lipinski definition) is 4. The summed E-state index contributed by atoms with van der Waals surface area (Å²) < 4.78 is 0. The van der Waals surface area contributed by atoms with Crippen LogP contribution >= 0.6 is 11.6 Å². The number of halogens is 1. The molecule has 1 rings (SSSR count). The number of carbonyl (C=O) groups is 1. The summed E-state index contributed by atoms with van der Waals surface area (Å²) in [4.78, 5) is 15.3. The van der Waals surface area contributed by atoms with Gasteiger partial charge in [0.25, 0.3) is 5.91 Å². The molecule has 0 fully saturated rings. The second-order valence-corrected chi connectivity index (χ2v) is 4.13. The Kier molecular flexibility index (Phi) is 6.01. The number of aliphatic imine (C=N–C) groups is 1. The van der Waals surface area contributed by atoms with Crippen molar-refractivity contribution < 1.29 is 4.79 Å². The maximum atomic E-state index is 11.6. The maximum Gasteiger partial charge on any atom is 0.252 e. The molecule has 0 unspecified atom stereocenters. The van der Waals surface area contributed by atoms with Gasteiger partial charge in [-0.3, -0.25) is 4.79 Å². The van der Waals surface area contributed by atoms with E-state index in [1.165, 1.54) is 6.21 Å². The van der Waals surface area contributed by atoms with Crippen LogP contribution in [0.25, 0.3) is 5.70 Å². The maximum absolute atomic E-state index is 11.6. The minimum Gasteiger partial charge on any atom is -0.398 e. The Balaban J connectivity index is 2.78. The number of rotatable bonds is 5. The lowest BCUT2D eigenvalue weighted by molar-refractivity contribution is 0.0958. The standard InChI is InChI=1S/C14H13ClN4O/c1-10(15)18-8-6-13(17)11-2-4-12(5-3-11)14(20)19-9-7-16/h2-6,8H,1,9,17H2,(H,19,20)/b13-6-,18-8-. The van der Waals surface area contributed by atoms with Crippen molar-refractivity contribution in [2.45, 2.75) is 0 Å². The van der Waals surface area contributed by atoms with Gasteiger partial charge in [0, 0.05) is 17.5 Å². The number of nitrogens with one attached hydrogen (secondary N) is 1. The highest BCUT2D eigenvalue weighted by Gasteiger charge is 2.04. The van der Waals surface area contributed by atoms with E-state index >= 15 is 0 Å². The van der Waals surface area contributed by atoms with E-state index in [0.29, 0.717) is 11.3 Å². The average Bonchev–Trinajstić information content (AvgIpc) is 2.44. The molecule has 0 saturated heterocycles. The van der Waals surface area contributed by atoms with Crippen molar-refractivity contribution >= 4 is 29.4 Å². The summed E-state index contributed by atoms with van der Waals surface area (Å²) in [6.45, 7) is 3.38.